The zero-order valence-corrected chi connectivity index (χ0v) is 8.69. The van der Waals surface area contributed by atoms with Gasteiger partial charge in [-0.2, -0.15) is 0 Å². The molecule has 4 heteroatoms. The Morgan fingerprint density at radius 1 is 1.40 bits per heavy atom. The van der Waals surface area contributed by atoms with Crippen molar-refractivity contribution < 1.29 is 14.6 Å². The summed E-state index contributed by atoms with van der Waals surface area (Å²) in [5.74, 6) is 1.39. The topological polar surface area (TPSA) is 50.7 Å². The molecular formula is C11H15NO3. The lowest BCUT2D eigenvalue weighted by atomic mass is 10.1. The molecule has 82 valence electrons. The van der Waals surface area contributed by atoms with E-state index in [-0.39, 0.29) is 0 Å². The average molecular weight is 209 g/mol. The summed E-state index contributed by atoms with van der Waals surface area (Å²) in [4.78, 5) is 0. The molecule has 0 aliphatic carbocycles. The molecule has 1 atom stereocenters. The molecule has 1 aliphatic heterocycles. The van der Waals surface area contributed by atoms with Gasteiger partial charge in [-0.05, 0) is 13.1 Å². The maximum Gasteiger partial charge on any atom is 0.167 e. The molecule has 0 spiro atoms. The number of hydrogen-bond acceptors (Lipinski definition) is 4. The van der Waals surface area contributed by atoms with Gasteiger partial charge in [-0.3, -0.25) is 0 Å². The number of fused-ring (bicyclic) bond motifs is 1. The van der Waals surface area contributed by atoms with Gasteiger partial charge in [0.15, 0.2) is 11.5 Å². The summed E-state index contributed by atoms with van der Waals surface area (Å²) in [5, 5.41) is 12.8. The zero-order valence-electron chi connectivity index (χ0n) is 8.69. The van der Waals surface area contributed by atoms with Gasteiger partial charge in [0.2, 0.25) is 0 Å². The van der Waals surface area contributed by atoms with Crippen LogP contribution >= 0.6 is 0 Å². The van der Waals surface area contributed by atoms with Crippen molar-refractivity contribution >= 4 is 0 Å². The third-order valence-electron chi connectivity index (χ3n) is 2.35. The van der Waals surface area contributed by atoms with E-state index in [2.05, 4.69) is 5.32 Å². The molecule has 0 aromatic heterocycles. The molecule has 1 aliphatic rings. The van der Waals surface area contributed by atoms with Crippen molar-refractivity contribution in [3.8, 4) is 11.5 Å². The normalized spacial score (nSPS) is 16.1. The molecule has 1 unspecified atom stereocenters. The summed E-state index contributed by atoms with van der Waals surface area (Å²) in [5.41, 5.74) is 0.779. The van der Waals surface area contributed by atoms with Crippen LogP contribution in [0, 0.1) is 0 Å². The van der Waals surface area contributed by atoms with Crippen LogP contribution in [0.5, 0.6) is 11.5 Å². The van der Waals surface area contributed by atoms with Crippen LogP contribution in [-0.4, -0.2) is 31.9 Å². The Hall–Kier alpha value is -1.26. The fourth-order valence-electron chi connectivity index (χ4n) is 1.66. The quantitative estimate of drug-likeness (QED) is 0.769. The summed E-state index contributed by atoms with van der Waals surface area (Å²) in [7, 11) is 1.80. The lowest BCUT2D eigenvalue weighted by Gasteiger charge is -2.22. The highest BCUT2D eigenvalue weighted by atomic mass is 16.6. The number of para-hydroxylation sites is 1. The van der Waals surface area contributed by atoms with Crippen LogP contribution in [0.3, 0.4) is 0 Å². The van der Waals surface area contributed by atoms with Gasteiger partial charge in [-0.25, -0.2) is 0 Å². The van der Waals surface area contributed by atoms with Crippen LogP contribution in [0.25, 0.3) is 0 Å². The minimum absolute atomic E-state index is 0.500. The maximum absolute atomic E-state index is 9.88. The van der Waals surface area contributed by atoms with E-state index in [1.807, 2.05) is 18.2 Å². The van der Waals surface area contributed by atoms with E-state index in [0.29, 0.717) is 31.3 Å². The third kappa shape index (κ3) is 2.06. The van der Waals surface area contributed by atoms with Crippen LogP contribution in [0.4, 0.5) is 0 Å². The van der Waals surface area contributed by atoms with E-state index < -0.39 is 6.10 Å². The van der Waals surface area contributed by atoms with E-state index in [0.717, 1.165) is 5.56 Å². The first-order valence-electron chi connectivity index (χ1n) is 5.04. The SMILES string of the molecule is CNCC(O)c1cccc2c1OCCO2. The lowest BCUT2D eigenvalue weighted by Crippen LogP contribution is -2.21. The Morgan fingerprint density at radius 3 is 3.00 bits per heavy atom. The molecule has 0 amide bonds. The second-order valence-corrected chi connectivity index (χ2v) is 3.44. The molecular weight excluding hydrogens is 194 g/mol. The molecule has 0 saturated carbocycles. The van der Waals surface area contributed by atoms with E-state index in [1.165, 1.54) is 0 Å². The minimum atomic E-state index is -0.563. The molecule has 0 saturated heterocycles. The Balaban J connectivity index is 2.30. The van der Waals surface area contributed by atoms with Gasteiger partial charge in [0, 0.05) is 12.1 Å². The number of ether oxygens (including phenoxy) is 2. The molecule has 2 N–H and O–H groups in total. The highest BCUT2D eigenvalue weighted by Crippen LogP contribution is 2.36. The van der Waals surface area contributed by atoms with Crippen LogP contribution in [-0.2, 0) is 0 Å². The van der Waals surface area contributed by atoms with Gasteiger partial charge < -0.3 is 19.9 Å². The van der Waals surface area contributed by atoms with E-state index in [4.69, 9.17) is 9.47 Å². The number of nitrogens with one attached hydrogen (secondary N) is 1. The predicted molar refractivity (Wildman–Crippen MR) is 56.3 cm³/mol. The summed E-state index contributed by atoms with van der Waals surface area (Å²) in [6.07, 6.45) is -0.563. The Bertz CT molecular complexity index is 341. The number of hydrogen-bond donors (Lipinski definition) is 2. The maximum atomic E-state index is 9.88. The predicted octanol–water partition coefficient (Wildman–Crippen LogP) is 0.711. The molecule has 2 rings (SSSR count). The van der Waals surface area contributed by atoms with E-state index >= 15 is 0 Å². The lowest BCUT2D eigenvalue weighted by molar-refractivity contribution is 0.146. The molecule has 0 radical (unpaired) electrons. The van der Waals surface area contributed by atoms with Crippen LogP contribution < -0.4 is 14.8 Å². The largest absolute Gasteiger partial charge is 0.486 e. The highest BCUT2D eigenvalue weighted by molar-refractivity contribution is 5.48. The number of aliphatic hydroxyl groups excluding tert-OH is 1. The van der Waals surface area contributed by atoms with Crippen molar-refractivity contribution in [3.63, 3.8) is 0 Å². The Morgan fingerprint density at radius 2 is 2.20 bits per heavy atom. The summed E-state index contributed by atoms with van der Waals surface area (Å²) < 4.78 is 10.9. The zero-order chi connectivity index (χ0) is 10.7. The fourth-order valence-corrected chi connectivity index (χ4v) is 1.66. The second-order valence-electron chi connectivity index (χ2n) is 3.44. The highest BCUT2D eigenvalue weighted by Gasteiger charge is 2.19. The summed E-state index contributed by atoms with van der Waals surface area (Å²) in [6.45, 7) is 1.61. The monoisotopic (exact) mass is 209 g/mol. The first-order valence-corrected chi connectivity index (χ1v) is 5.04. The Kier molecular flexibility index (Phi) is 3.08. The van der Waals surface area contributed by atoms with E-state index in [1.54, 1.807) is 7.05 Å². The molecule has 15 heavy (non-hydrogen) atoms. The van der Waals surface area contributed by atoms with Gasteiger partial charge in [-0.15, -0.1) is 0 Å². The van der Waals surface area contributed by atoms with E-state index in [9.17, 15) is 5.11 Å². The molecule has 0 fully saturated rings. The van der Waals surface area contributed by atoms with Gasteiger partial charge >= 0.3 is 0 Å². The van der Waals surface area contributed by atoms with Crippen LogP contribution in [0.2, 0.25) is 0 Å². The van der Waals surface area contributed by atoms with Crippen molar-refractivity contribution in [1.29, 1.82) is 0 Å². The number of likely N-dealkylation sites (N-methyl/N-ethyl adjacent to an activating group) is 1. The Labute approximate surface area is 88.8 Å². The van der Waals surface area contributed by atoms with Gasteiger partial charge in [-0.1, -0.05) is 12.1 Å². The van der Waals surface area contributed by atoms with Crippen LogP contribution in [0.1, 0.15) is 11.7 Å². The molecule has 1 aromatic rings. The minimum Gasteiger partial charge on any atom is -0.486 e. The molecule has 1 heterocycles. The summed E-state index contributed by atoms with van der Waals surface area (Å²) >= 11 is 0. The molecule has 0 bridgehead atoms. The first kappa shape index (κ1) is 10.3. The standard InChI is InChI=1S/C11H15NO3/c1-12-7-9(13)8-3-2-4-10-11(8)15-6-5-14-10/h2-4,9,12-13H,5-7H2,1H3. The molecule has 4 nitrogen and oxygen atoms in total. The summed E-state index contributed by atoms with van der Waals surface area (Å²) in [6, 6.07) is 5.57. The van der Waals surface area contributed by atoms with Crippen molar-refractivity contribution in [1.82, 2.24) is 5.32 Å². The van der Waals surface area contributed by atoms with Gasteiger partial charge in [0.25, 0.3) is 0 Å². The smallest absolute Gasteiger partial charge is 0.167 e. The number of aliphatic hydroxyl groups is 1. The van der Waals surface area contributed by atoms with Crippen molar-refractivity contribution in [3.05, 3.63) is 23.8 Å². The third-order valence-corrected chi connectivity index (χ3v) is 2.35. The average Bonchev–Trinajstić information content (AvgIpc) is 2.28. The fraction of sp³-hybridized carbons (Fsp3) is 0.455. The molecule has 1 aromatic carbocycles. The number of benzene rings is 1. The van der Waals surface area contributed by atoms with Gasteiger partial charge in [0.1, 0.15) is 13.2 Å². The van der Waals surface area contributed by atoms with Gasteiger partial charge in [0.05, 0.1) is 6.10 Å². The van der Waals surface area contributed by atoms with Crippen molar-refractivity contribution in [2.45, 2.75) is 6.10 Å². The number of rotatable bonds is 3. The van der Waals surface area contributed by atoms with Crippen molar-refractivity contribution in [2.75, 3.05) is 26.8 Å². The van der Waals surface area contributed by atoms with Crippen molar-refractivity contribution in [2.24, 2.45) is 0 Å². The van der Waals surface area contributed by atoms with Crippen LogP contribution in [0.15, 0.2) is 18.2 Å². The second kappa shape index (κ2) is 4.51. The first-order chi connectivity index (χ1) is 7.33.